The molecular formula is C19H25N3O4. The second-order valence-corrected chi connectivity index (χ2v) is 6.18. The minimum atomic E-state index is -1.45. The number of azo groups is 1. The number of hydrogen-bond donors (Lipinski definition) is 5. The van der Waals surface area contributed by atoms with Crippen molar-refractivity contribution in [3.63, 3.8) is 0 Å². The number of nitrogens with zero attached hydrogens (tertiary/aromatic N) is 2. The highest BCUT2D eigenvalue weighted by Crippen LogP contribution is 2.30. The summed E-state index contributed by atoms with van der Waals surface area (Å²) in [5, 5.41) is 49.5. The number of aliphatic hydroxyl groups is 4. The Morgan fingerprint density at radius 1 is 0.923 bits per heavy atom. The minimum absolute atomic E-state index is 0.0193. The van der Waals surface area contributed by atoms with E-state index >= 15 is 0 Å². The van der Waals surface area contributed by atoms with Crippen molar-refractivity contribution in [1.82, 2.24) is 0 Å². The summed E-state index contributed by atoms with van der Waals surface area (Å²) in [5.41, 5.74) is 4.06. The minimum Gasteiger partial charge on any atom is -0.394 e. The number of aliphatic hydroxyl groups excluding tert-OH is 4. The molecule has 0 aliphatic carbocycles. The molecule has 26 heavy (non-hydrogen) atoms. The van der Waals surface area contributed by atoms with E-state index in [1.165, 1.54) is 0 Å². The maximum atomic E-state index is 9.97. The standard InChI is InChI=1S/C19H25N3O4/c1-12-8-15(20-10-17(24)19(26)18(25)11-23)16(9-13(12)2)22-21-14-6-4-3-5-7-14/h3-9,17-20,23-26H,10-11H2,1-2H3/t17-,18+,19+/m0/s1. The molecule has 0 aliphatic heterocycles. The van der Waals surface area contributed by atoms with Gasteiger partial charge in [0.1, 0.15) is 17.9 Å². The number of anilines is 1. The molecule has 0 aliphatic rings. The van der Waals surface area contributed by atoms with Crippen molar-refractivity contribution in [2.24, 2.45) is 10.2 Å². The van der Waals surface area contributed by atoms with Gasteiger partial charge in [-0.25, -0.2) is 0 Å². The molecule has 2 aromatic rings. The maximum absolute atomic E-state index is 9.97. The quantitative estimate of drug-likeness (QED) is 0.463. The first-order valence-electron chi connectivity index (χ1n) is 8.39. The van der Waals surface area contributed by atoms with Gasteiger partial charge in [0.25, 0.3) is 0 Å². The van der Waals surface area contributed by atoms with E-state index in [0.29, 0.717) is 11.4 Å². The Hall–Kier alpha value is -2.32. The van der Waals surface area contributed by atoms with Gasteiger partial charge in [0.05, 0.1) is 24.1 Å². The van der Waals surface area contributed by atoms with Gasteiger partial charge >= 0.3 is 0 Å². The first-order chi connectivity index (χ1) is 12.4. The Kier molecular flexibility index (Phi) is 7.23. The predicted molar refractivity (Wildman–Crippen MR) is 100 cm³/mol. The molecule has 7 nitrogen and oxygen atoms in total. The highest BCUT2D eigenvalue weighted by molar-refractivity contribution is 5.68. The van der Waals surface area contributed by atoms with E-state index in [0.717, 1.165) is 16.8 Å². The Morgan fingerprint density at radius 2 is 1.58 bits per heavy atom. The van der Waals surface area contributed by atoms with Crippen molar-refractivity contribution in [1.29, 1.82) is 0 Å². The van der Waals surface area contributed by atoms with E-state index in [4.69, 9.17) is 5.11 Å². The number of rotatable bonds is 8. The van der Waals surface area contributed by atoms with Crippen molar-refractivity contribution in [3.05, 3.63) is 53.6 Å². The van der Waals surface area contributed by atoms with Crippen molar-refractivity contribution >= 4 is 17.1 Å². The fourth-order valence-corrected chi connectivity index (χ4v) is 2.33. The van der Waals surface area contributed by atoms with Crippen LogP contribution in [-0.4, -0.2) is 51.9 Å². The third-order valence-electron chi connectivity index (χ3n) is 4.12. The van der Waals surface area contributed by atoms with Crippen LogP contribution in [0.2, 0.25) is 0 Å². The molecule has 0 heterocycles. The second kappa shape index (κ2) is 9.40. The van der Waals surface area contributed by atoms with Crippen molar-refractivity contribution in [2.75, 3.05) is 18.5 Å². The summed E-state index contributed by atoms with van der Waals surface area (Å²) < 4.78 is 0. The molecular weight excluding hydrogens is 334 g/mol. The third kappa shape index (κ3) is 5.34. The van der Waals surface area contributed by atoms with Gasteiger partial charge in [-0.05, 0) is 49.2 Å². The van der Waals surface area contributed by atoms with Gasteiger partial charge in [0, 0.05) is 6.54 Å². The Morgan fingerprint density at radius 3 is 2.23 bits per heavy atom. The lowest BCUT2D eigenvalue weighted by atomic mass is 10.1. The summed E-state index contributed by atoms with van der Waals surface area (Å²) in [6.07, 6.45) is -4.10. The third-order valence-corrected chi connectivity index (χ3v) is 4.12. The fourth-order valence-electron chi connectivity index (χ4n) is 2.33. The molecule has 3 atom stereocenters. The number of benzene rings is 2. The molecule has 0 unspecified atom stereocenters. The van der Waals surface area contributed by atoms with Crippen LogP contribution < -0.4 is 5.32 Å². The van der Waals surface area contributed by atoms with Crippen LogP contribution in [0.1, 0.15) is 11.1 Å². The monoisotopic (exact) mass is 359 g/mol. The Balaban J connectivity index is 2.17. The average Bonchev–Trinajstić information content (AvgIpc) is 2.66. The summed E-state index contributed by atoms with van der Waals surface area (Å²) in [6.45, 7) is 3.28. The molecule has 0 spiro atoms. The Bertz CT molecular complexity index is 737. The van der Waals surface area contributed by atoms with Gasteiger partial charge in [-0.3, -0.25) is 0 Å². The van der Waals surface area contributed by atoms with Gasteiger partial charge < -0.3 is 25.7 Å². The topological polar surface area (TPSA) is 118 Å². The summed E-state index contributed by atoms with van der Waals surface area (Å²) >= 11 is 0. The summed E-state index contributed by atoms with van der Waals surface area (Å²) in [5.74, 6) is 0. The molecule has 0 saturated heterocycles. The van der Waals surface area contributed by atoms with Gasteiger partial charge in [0.2, 0.25) is 0 Å². The number of hydrogen-bond acceptors (Lipinski definition) is 7. The van der Waals surface area contributed by atoms with E-state index in [-0.39, 0.29) is 6.54 Å². The van der Waals surface area contributed by atoms with Crippen molar-refractivity contribution in [3.8, 4) is 0 Å². The zero-order valence-corrected chi connectivity index (χ0v) is 14.9. The molecule has 0 amide bonds. The van der Waals surface area contributed by atoms with Crippen LogP contribution in [0.3, 0.4) is 0 Å². The summed E-state index contributed by atoms with van der Waals surface area (Å²) in [6, 6.07) is 13.1. The lowest BCUT2D eigenvalue weighted by Crippen LogP contribution is -2.42. The molecule has 5 N–H and O–H groups in total. The lowest BCUT2D eigenvalue weighted by molar-refractivity contribution is -0.0715. The molecule has 0 aromatic heterocycles. The molecule has 2 aromatic carbocycles. The molecule has 140 valence electrons. The number of aryl methyl sites for hydroxylation is 2. The van der Waals surface area contributed by atoms with Gasteiger partial charge in [-0.2, -0.15) is 5.11 Å². The second-order valence-electron chi connectivity index (χ2n) is 6.18. The summed E-state index contributed by atoms with van der Waals surface area (Å²) in [7, 11) is 0. The van der Waals surface area contributed by atoms with Gasteiger partial charge in [-0.15, -0.1) is 5.11 Å². The van der Waals surface area contributed by atoms with Crippen LogP contribution in [0.5, 0.6) is 0 Å². The molecule has 0 bridgehead atoms. The van der Waals surface area contributed by atoms with Crippen LogP contribution in [-0.2, 0) is 0 Å². The number of nitrogens with one attached hydrogen (secondary N) is 1. The highest BCUT2D eigenvalue weighted by atomic mass is 16.4. The van der Waals surface area contributed by atoms with Crippen LogP contribution in [0.25, 0.3) is 0 Å². The van der Waals surface area contributed by atoms with Gasteiger partial charge in [-0.1, -0.05) is 18.2 Å². The first kappa shape index (κ1) is 20.0. The Labute approximate surface area is 152 Å². The fraction of sp³-hybridized carbons (Fsp3) is 0.368. The van der Waals surface area contributed by atoms with Crippen molar-refractivity contribution in [2.45, 2.75) is 32.2 Å². The normalized spacial score (nSPS) is 15.0. The lowest BCUT2D eigenvalue weighted by Gasteiger charge is -2.22. The molecule has 0 saturated carbocycles. The average molecular weight is 359 g/mol. The zero-order chi connectivity index (χ0) is 19.1. The van der Waals surface area contributed by atoms with Crippen LogP contribution in [0.4, 0.5) is 17.1 Å². The SMILES string of the molecule is Cc1cc(N=Nc2ccccc2)c(NC[C@H](O)[C@@H](O)[C@H](O)CO)cc1C. The van der Waals surface area contributed by atoms with Crippen LogP contribution in [0.15, 0.2) is 52.7 Å². The maximum Gasteiger partial charge on any atom is 0.110 e. The largest absolute Gasteiger partial charge is 0.394 e. The molecule has 0 radical (unpaired) electrons. The summed E-state index contributed by atoms with van der Waals surface area (Å²) in [4.78, 5) is 0. The van der Waals surface area contributed by atoms with E-state index in [2.05, 4.69) is 15.5 Å². The van der Waals surface area contributed by atoms with E-state index < -0.39 is 24.9 Å². The van der Waals surface area contributed by atoms with E-state index in [9.17, 15) is 15.3 Å². The van der Waals surface area contributed by atoms with E-state index in [1.807, 2.05) is 56.3 Å². The van der Waals surface area contributed by atoms with Crippen molar-refractivity contribution < 1.29 is 20.4 Å². The molecule has 7 heteroatoms. The molecule has 2 rings (SSSR count). The van der Waals surface area contributed by atoms with E-state index in [1.54, 1.807) is 0 Å². The van der Waals surface area contributed by atoms with Crippen LogP contribution >= 0.6 is 0 Å². The molecule has 0 fully saturated rings. The first-order valence-corrected chi connectivity index (χ1v) is 8.39. The predicted octanol–water partition coefficient (Wildman–Crippen LogP) is 2.21. The van der Waals surface area contributed by atoms with Gasteiger partial charge in [0.15, 0.2) is 0 Å². The smallest absolute Gasteiger partial charge is 0.110 e. The highest BCUT2D eigenvalue weighted by Gasteiger charge is 2.24. The van der Waals surface area contributed by atoms with Crippen LogP contribution in [0, 0.1) is 13.8 Å². The zero-order valence-electron chi connectivity index (χ0n) is 14.9.